The number of nitrogens with zero attached hydrogens (tertiary/aromatic N) is 3. The van der Waals surface area contributed by atoms with Crippen molar-refractivity contribution < 1.29 is 9.18 Å². The van der Waals surface area contributed by atoms with Gasteiger partial charge in [0.15, 0.2) is 0 Å². The summed E-state index contributed by atoms with van der Waals surface area (Å²) in [4.78, 5) is 15.5. The first-order valence-electron chi connectivity index (χ1n) is 14.6. The predicted octanol–water partition coefficient (Wildman–Crippen LogP) is 7.73. The van der Waals surface area contributed by atoms with E-state index in [9.17, 15) is 9.18 Å². The second-order valence-corrected chi connectivity index (χ2v) is 11.6. The lowest BCUT2D eigenvalue weighted by Crippen LogP contribution is -2.42. The number of urea groups is 1. The zero-order valence-corrected chi connectivity index (χ0v) is 23.8. The third-order valence-electron chi connectivity index (χ3n) is 9.13. The van der Waals surface area contributed by atoms with E-state index in [1.165, 1.54) is 23.3 Å². The van der Waals surface area contributed by atoms with Crippen molar-refractivity contribution in [2.45, 2.75) is 52.1 Å². The van der Waals surface area contributed by atoms with Crippen LogP contribution < -0.4 is 5.32 Å². The largest absolute Gasteiger partial charge is 0.331 e. The molecule has 0 saturated heterocycles. The summed E-state index contributed by atoms with van der Waals surface area (Å²) in [6.45, 7) is 5.63. The number of allylic oxidation sites excluding steroid dienone is 1. The lowest BCUT2D eigenvalue weighted by atomic mass is 9.68. The van der Waals surface area contributed by atoms with Gasteiger partial charge in [0, 0.05) is 13.1 Å². The number of amides is 2. The zero-order chi connectivity index (χ0) is 28.4. The van der Waals surface area contributed by atoms with Gasteiger partial charge in [-0.1, -0.05) is 73.2 Å². The van der Waals surface area contributed by atoms with Gasteiger partial charge in [-0.05, 0) is 91.0 Å². The molecule has 5 nitrogen and oxygen atoms in total. The first-order valence-corrected chi connectivity index (χ1v) is 14.6. The normalized spacial score (nSPS) is 20.1. The molecule has 0 radical (unpaired) electrons. The Morgan fingerprint density at radius 2 is 1.78 bits per heavy atom. The molecule has 6 rings (SSSR count). The van der Waals surface area contributed by atoms with Crippen LogP contribution in [0, 0.1) is 17.2 Å². The highest BCUT2D eigenvalue weighted by Crippen LogP contribution is 2.55. The second kappa shape index (κ2) is 11.4. The van der Waals surface area contributed by atoms with Crippen LogP contribution in [0.5, 0.6) is 0 Å². The molecule has 0 aliphatic heterocycles. The zero-order valence-electron chi connectivity index (χ0n) is 23.8. The molecule has 3 aromatic carbocycles. The van der Waals surface area contributed by atoms with Crippen molar-refractivity contribution >= 4 is 12.1 Å². The Morgan fingerprint density at radius 3 is 2.49 bits per heavy atom. The van der Waals surface area contributed by atoms with Gasteiger partial charge in [0.25, 0.3) is 0 Å². The minimum absolute atomic E-state index is 0.00407. The number of nitrogens with one attached hydrogen (secondary N) is 1. The van der Waals surface area contributed by atoms with Crippen LogP contribution in [0.15, 0.2) is 96.7 Å². The molecule has 2 aliphatic carbocycles. The van der Waals surface area contributed by atoms with Crippen LogP contribution in [0.2, 0.25) is 0 Å². The molecule has 0 spiro atoms. The van der Waals surface area contributed by atoms with Crippen LogP contribution in [-0.2, 0) is 13.0 Å². The van der Waals surface area contributed by atoms with E-state index < -0.39 is 0 Å². The van der Waals surface area contributed by atoms with Crippen molar-refractivity contribution in [2.75, 3.05) is 6.54 Å². The highest BCUT2D eigenvalue weighted by Gasteiger charge is 2.46. The monoisotopic (exact) mass is 548 g/mol. The molecule has 4 aromatic rings. The standard InChI is InChI=1S/C35H37FN4O/c1-3-39(24-25-10-6-4-7-11-25)34(41)38-32(26-12-8-5-9-13-26)20-28-14-15-29-21-33-27(22-35(28,29)2)23-37-40(33)31-18-16-30(36)17-19-31/h4-13,16-19,21,23,28,32H,3,14-15,20,22,24H2,1-2H3,(H,38,41). The van der Waals surface area contributed by atoms with Crippen molar-refractivity contribution in [2.24, 2.45) is 11.3 Å². The van der Waals surface area contributed by atoms with Crippen molar-refractivity contribution in [3.63, 3.8) is 0 Å². The van der Waals surface area contributed by atoms with E-state index in [0.29, 0.717) is 19.0 Å². The molecule has 1 saturated carbocycles. The quantitative estimate of drug-likeness (QED) is 0.245. The highest BCUT2D eigenvalue weighted by molar-refractivity contribution is 5.74. The maximum atomic E-state index is 13.6. The molecule has 1 N–H and O–H groups in total. The number of carbonyl (C=O) groups is 1. The number of rotatable bonds is 8. The summed E-state index contributed by atoms with van der Waals surface area (Å²) in [7, 11) is 0. The molecule has 1 heterocycles. The SMILES string of the molecule is CCN(Cc1ccccc1)C(=O)NC(CC1CCC2=Cc3c(cnn3-c3ccc(F)cc3)CC21C)c1ccccc1. The van der Waals surface area contributed by atoms with E-state index in [1.807, 2.05) is 47.0 Å². The van der Waals surface area contributed by atoms with Gasteiger partial charge in [0.05, 0.1) is 23.6 Å². The molecule has 2 aliphatic rings. The minimum atomic E-state index is -0.249. The number of hydrogen-bond donors (Lipinski definition) is 1. The first kappa shape index (κ1) is 27.0. The van der Waals surface area contributed by atoms with Crippen molar-refractivity contribution in [3.8, 4) is 5.69 Å². The van der Waals surface area contributed by atoms with E-state index >= 15 is 0 Å². The molecule has 210 valence electrons. The Kier molecular flexibility index (Phi) is 7.48. The van der Waals surface area contributed by atoms with Crippen LogP contribution in [0.4, 0.5) is 9.18 Å². The lowest BCUT2D eigenvalue weighted by molar-refractivity contribution is 0.184. The summed E-state index contributed by atoms with van der Waals surface area (Å²) in [5.74, 6) is 0.160. The van der Waals surface area contributed by atoms with Crippen LogP contribution in [-0.4, -0.2) is 27.3 Å². The van der Waals surface area contributed by atoms with Gasteiger partial charge in [-0.25, -0.2) is 13.9 Å². The fourth-order valence-electron chi connectivity index (χ4n) is 6.72. The van der Waals surface area contributed by atoms with Gasteiger partial charge in [0.1, 0.15) is 5.82 Å². The molecule has 1 aromatic heterocycles. The number of hydrogen-bond acceptors (Lipinski definition) is 2. The highest BCUT2D eigenvalue weighted by atomic mass is 19.1. The molecule has 41 heavy (non-hydrogen) atoms. The van der Waals surface area contributed by atoms with Gasteiger partial charge < -0.3 is 10.2 Å². The Bertz CT molecular complexity index is 1530. The summed E-state index contributed by atoms with van der Waals surface area (Å²) >= 11 is 0. The Morgan fingerprint density at radius 1 is 1.07 bits per heavy atom. The van der Waals surface area contributed by atoms with E-state index in [0.717, 1.165) is 48.2 Å². The molecule has 3 atom stereocenters. The Balaban J connectivity index is 1.23. The van der Waals surface area contributed by atoms with E-state index in [2.05, 4.69) is 59.8 Å². The summed E-state index contributed by atoms with van der Waals surface area (Å²) < 4.78 is 15.5. The van der Waals surface area contributed by atoms with Crippen molar-refractivity contribution in [3.05, 3.63) is 125 Å². The lowest BCUT2D eigenvalue weighted by Gasteiger charge is -2.38. The number of aromatic nitrogens is 2. The van der Waals surface area contributed by atoms with Crippen LogP contribution >= 0.6 is 0 Å². The summed E-state index contributed by atoms with van der Waals surface area (Å²) in [5.41, 5.74) is 6.87. The Labute approximate surface area is 241 Å². The molecular formula is C35H37FN4O. The van der Waals surface area contributed by atoms with Crippen LogP contribution in [0.1, 0.15) is 61.5 Å². The first-order chi connectivity index (χ1) is 19.9. The molecular weight excluding hydrogens is 511 g/mol. The average molecular weight is 549 g/mol. The van der Waals surface area contributed by atoms with Gasteiger partial charge in [-0.3, -0.25) is 0 Å². The maximum absolute atomic E-state index is 13.6. The third-order valence-corrected chi connectivity index (χ3v) is 9.13. The van der Waals surface area contributed by atoms with Gasteiger partial charge in [-0.2, -0.15) is 5.10 Å². The fourth-order valence-corrected chi connectivity index (χ4v) is 6.72. The van der Waals surface area contributed by atoms with E-state index in [-0.39, 0.29) is 23.3 Å². The number of carbonyl (C=O) groups excluding carboxylic acids is 1. The average Bonchev–Trinajstić information content (AvgIpc) is 3.54. The van der Waals surface area contributed by atoms with Gasteiger partial charge in [-0.15, -0.1) is 0 Å². The topological polar surface area (TPSA) is 50.2 Å². The second-order valence-electron chi connectivity index (χ2n) is 11.6. The molecule has 2 amide bonds. The van der Waals surface area contributed by atoms with Gasteiger partial charge >= 0.3 is 6.03 Å². The van der Waals surface area contributed by atoms with Crippen LogP contribution in [0.25, 0.3) is 11.8 Å². The number of fused-ring (bicyclic) bond motifs is 2. The maximum Gasteiger partial charge on any atom is 0.318 e. The summed E-state index contributed by atoms with van der Waals surface area (Å²) in [6, 6.07) is 26.9. The molecule has 1 fully saturated rings. The Hall–Kier alpha value is -4.19. The van der Waals surface area contributed by atoms with E-state index in [1.54, 1.807) is 12.1 Å². The molecule has 0 bridgehead atoms. The molecule has 6 heteroatoms. The summed E-state index contributed by atoms with van der Waals surface area (Å²) in [6.07, 6.45) is 8.16. The third kappa shape index (κ3) is 5.43. The van der Waals surface area contributed by atoms with E-state index in [4.69, 9.17) is 0 Å². The number of halogens is 1. The predicted molar refractivity (Wildman–Crippen MR) is 161 cm³/mol. The van der Waals surface area contributed by atoms with Gasteiger partial charge in [0.2, 0.25) is 0 Å². The minimum Gasteiger partial charge on any atom is -0.331 e. The fraction of sp³-hybridized carbons (Fsp3) is 0.314. The number of benzene rings is 3. The molecule has 3 unspecified atom stereocenters. The van der Waals surface area contributed by atoms with Crippen molar-refractivity contribution in [1.29, 1.82) is 0 Å². The summed E-state index contributed by atoms with van der Waals surface area (Å²) in [5, 5.41) is 8.09. The van der Waals surface area contributed by atoms with Crippen LogP contribution in [0.3, 0.4) is 0 Å². The van der Waals surface area contributed by atoms with Crippen molar-refractivity contribution in [1.82, 2.24) is 20.0 Å². The smallest absolute Gasteiger partial charge is 0.318 e.